The van der Waals surface area contributed by atoms with Gasteiger partial charge in [0.15, 0.2) is 0 Å². The largest absolute Gasteiger partial charge is 0.384 e. The number of nitrogen functional groups attached to an aromatic ring is 1. The lowest BCUT2D eigenvalue weighted by atomic mass is 10.1. The molecule has 0 bridgehead atoms. The van der Waals surface area contributed by atoms with E-state index in [1.54, 1.807) is 0 Å². The van der Waals surface area contributed by atoms with E-state index in [1.165, 1.54) is 38.0 Å². The quantitative estimate of drug-likeness (QED) is 0.631. The molecule has 1 aromatic carbocycles. The first-order chi connectivity index (χ1) is 9.72. The summed E-state index contributed by atoms with van der Waals surface area (Å²) in [5.74, 6) is 1.16. The van der Waals surface area contributed by atoms with Gasteiger partial charge in [0, 0.05) is 44.8 Å². The van der Waals surface area contributed by atoms with Crippen molar-refractivity contribution in [3.05, 3.63) is 35.4 Å². The SMILES string of the molecule is N=C(N)c1ccccc1CN1CCN(CC2CC2)CC1. The van der Waals surface area contributed by atoms with Crippen LogP contribution in [0.2, 0.25) is 0 Å². The van der Waals surface area contributed by atoms with Gasteiger partial charge < -0.3 is 10.6 Å². The summed E-state index contributed by atoms with van der Waals surface area (Å²) in [5, 5.41) is 7.66. The lowest BCUT2D eigenvalue weighted by molar-refractivity contribution is 0.123. The van der Waals surface area contributed by atoms with E-state index in [-0.39, 0.29) is 5.84 Å². The van der Waals surface area contributed by atoms with Gasteiger partial charge in [0.05, 0.1) is 0 Å². The van der Waals surface area contributed by atoms with Crippen LogP contribution in [0.5, 0.6) is 0 Å². The zero-order chi connectivity index (χ0) is 13.9. The van der Waals surface area contributed by atoms with Crippen LogP contribution in [0.4, 0.5) is 0 Å². The van der Waals surface area contributed by atoms with Crippen LogP contribution in [0.3, 0.4) is 0 Å². The summed E-state index contributed by atoms with van der Waals surface area (Å²) in [6.07, 6.45) is 2.87. The van der Waals surface area contributed by atoms with E-state index in [1.807, 2.05) is 18.2 Å². The molecule has 1 saturated carbocycles. The average molecular weight is 272 g/mol. The molecule has 1 aromatic rings. The number of nitrogens with two attached hydrogens (primary N) is 1. The Bertz CT molecular complexity index is 473. The minimum Gasteiger partial charge on any atom is -0.384 e. The molecule has 1 aliphatic heterocycles. The van der Waals surface area contributed by atoms with Crippen LogP contribution in [0.1, 0.15) is 24.0 Å². The maximum absolute atomic E-state index is 7.66. The Labute approximate surface area is 121 Å². The van der Waals surface area contributed by atoms with Gasteiger partial charge in [-0.2, -0.15) is 0 Å². The predicted molar refractivity (Wildman–Crippen MR) is 81.9 cm³/mol. The number of hydrogen-bond donors (Lipinski definition) is 2. The maximum Gasteiger partial charge on any atom is 0.123 e. The normalized spacial score (nSPS) is 21.0. The summed E-state index contributed by atoms with van der Waals surface area (Å²) in [6.45, 7) is 6.82. The molecule has 0 unspecified atom stereocenters. The van der Waals surface area contributed by atoms with Gasteiger partial charge in [-0.3, -0.25) is 10.3 Å². The highest BCUT2D eigenvalue weighted by atomic mass is 15.3. The van der Waals surface area contributed by atoms with E-state index in [2.05, 4.69) is 15.9 Å². The molecule has 108 valence electrons. The summed E-state index contributed by atoms with van der Waals surface area (Å²) >= 11 is 0. The van der Waals surface area contributed by atoms with Crippen LogP contribution in [-0.2, 0) is 6.54 Å². The molecule has 0 atom stereocenters. The van der Waals surface area contributed by atoms with Crippen molar-refractivity contribution in [1.29, 1.82) is 5.41 Å². The smallest absolute Gasteiger partial charge is 0.123 e. The van der Waals surface area contributed by atoms with Crippen molar-refractivity contribution in [3.63, 3.8) is 0 Å². The Hall–Kier alpha value is -1.39. The molecule has 0 spiro atoms. The first-order valence-corrected chi connectivity index (χ1v) is 7.59. The molecule has 3 rings (SSSR count). The van der Waals surface area contributed by atoms with Crippen LogP contribution in [0.15, 0.2) is 24.3 Å². The molecule has 4 nitrogen and oxygen atoms in total. The van der Waals surface area contributed by atoms with Gasteiger partial charge in [0.2, 0.25) is 0 Å². The van der Waals surface area contributed by atoms with Gasteiger partial charge >= 0.3 is 0 Å². The molecule has 20 heavy (non-hydrogen) atoms. The number of piperazine rings is 1. The van der Waals surface area contributed by atoms with Gasteiger partial charge in [-0.1, -0.05) is 24.3 Å². The third-order valence-electron chi connectivity index (χ3n) is 4.38. The third kappa shape index (κ3) is 3.38. The highest BCUT2D eigenvalue weighted by molar-refractivity contribution is 5.96. The molecule has 3 N–H and O–H groups in total. The Morgan fingerprint density at radius 2 is 1.75 bits per heavy atom. The van der Waals surface area contributed by atoms with Gasteiger partial charge in [-0.25, -0.2) is 0 Å². The minimum absolute atomic E-state index is 0.174. The Morgan fingerprint density at radius 1 is 1.10 bits per heavy atom. The second-order valence-electron chi connectivity index (χ2n) is 6.09. The van der Waals surface area contributed by atoms with Crippen LogP contribution < -0.4 is 5.73 Å². The lowest BCUT2D eigenvalue weighted by Gasteiger charge is -2.35. The Morgan fingerprint density at radius 3 is 2.40 bits per heavy atom. The molecule has 0 amide bonds. The fraction of sp³-hybridized carbons (Fsp3) is 0.562. The number of nitrogens with zero attached hydrogens (tertiary/aromatic N) is 2. The van der Waals surface area contributed by atoms with Crippen molar-refractivity contribution >= 4 is 5.84 Å². The standard InChI is InChI=1S/C16H24N4/c17-16(18)15-4-2-1-3-14(15)12-20-9-7-19(8-10-20)11-13-5-6-13/h1-4,13H,5-12H2,(H3,17,18). The average Bonchev–Trinajstić information content (AvgIpc) is 3.25. The summed E-state index contributed by atoms with van der Waals surface area (Å²) in [4.78, 5) is 5.08. The lowest BCUT2D eigenvalue weighted by Crippen LogP contribution is -2.46. The van der Waals surface area contributed by atoms with E-state index in [0.29, 0.717) is 0 Å². The molecule has 2 fully saturated rings. The molecule has 0 aromatic heterocycles. The third-order valence-corrected chi connectivity index (χ3v) is 4.38. The zero-order valence-electron chi connectivity index (χ0n) is 12.0. The molecule has 1 aliphatic carbocycles. The second kappa shape index (κ2) is 5.94. The second-order valence-corrected chi connectivity index (χ2v) is 6.09. The van der Waals surface area contributed by atoms with Crippen molar-refractivity contribution in [2.45, 2.75) is 19.4 Å². The first-order valence-electron chi connectivity index (χ1n) is 7.59. The number of hydrogen-bond acceptors (Lipinski definition) is 3. The number of benzene rings is 1. The Kier molecular flexibility index (Phi) is 4.03. The summed E-state index contributed by atoms with van der Waals surface area (Å²) < 4.78 is 0. The van der Waals surface area contributed by atoms with Crippen LogP contribution in [0, 0.1) is 11.3 Å². The van der Waals surface area contributed by atoms with Crippen LogP contribution >= 0.6 is 0 Å². The van der Waals surface area contributed by atoms with E-state index in [9.17, 15) is 0 Å². The van der Waals surface area contributed by atoms with Crippen LogP contribution in [0.25, 0.3) is 0 Å². The van der Waals surface area contributed by atoms with Crippen molar-refractivity contribution in [3.8, 4) is 0 Å². The fourth-order valence-corrected chi connectivity index (χ4v) is 2.96. The molecule has 1 saturated heterocycles. The Balaban J connectivity index is 1.55. The number of rotatable bonds is 5. The molecular formula is C16H24N4. The number of amidine groups is 1. The molecule has 4 heteroatoms. The van der Waals surface area contributed by atoms with Crippen molar-refractivity contribution in [1.82, 2.24) is 9.80 Å². The highest BCUT2D eigenvalue weighted by Gasteiger charge is 2.26. The predicted octanol–water partition coefficient (Wildman–Crippen LogP) is 1.50. The highest BCUT2D eigenvalue weighted by Crippen LogP contribution is 2.30. The number of nitrogens with one attached hydrogen (secondary N) is 1. The minimum atomic E-state index is 0.174. The van der Waals surface area contributed by atoms with Crippen molar-refractivity contribution < 1.29 is 0 Å². The zero-order valence-corrected chi connectivity index (χ0v) is 12.0. The van der Waals surface area contributed by atoms with E-state index in [4.69, 9.17) is 11.1 Å². The van der Waals surface area contributed by atoms with E-state index in [0.717, 1.165) is 31.1 Å². The van der Waals surface area contributed by atoms with Gasteiger partial charge in [0.25, 0.3) is 0 Å². The van der Waals surface area contributed by atoms with Gasteiger partial charge in [-0.05, 0) is 24.3 Å². The topological polar surface area (TPSA) is 56.4 Å². The van der Waals surface area contributed by atoms with Gasteiger partial charge in [0.1, 0.15) is 5.84 Å². The first kappa shape index (κ1) is 13.6. The molecule has 2 aliphatic rings. The van der Waals surface area contributed by atoms with Crippen molar-refractivity contribution in [2.24, 2.45) is 11.7 Å². The van der Waals surface area contributed by atoms with E-state index >= 15 is 0 Å². The van der Waals surface area contributed by atoms with Gasteiger partial charge in [-0.15, -0.1) is 0 Å². The summed E-state index contributed by atoms with van der Waals surface area (Å²) in [5.41, 5.74) is 7.72. The molecular weight excluding hydrogens is 248 g/mol. The summed E-state index contributed by atoms with van der Waals surface area (Å²) in [7, 11) is 0. The maximum atomic E-state index is 7.66. The monoisotopic (exact) mass is 272 g/mol. The molecule has 1 heterocycles. The fourth-order valence-electron chi connectivity index (χ4n) is 2.96. The van der Waals surface area contributed by atoms with Crippen molar-refractivity contribution in [2.75, 3.05) is 32.7 Å². The summed E-state index contributed by atoms with van der Waals surface area (Å²) in [6, 6.07) is 8.02. The van der Waals surface area contributed by atoms with Crippen LogP contribution in [-0.4, -0.2) is 48.4 Å². The molecule has 0 radical (unpaired) electrons. The van der Waals surface area contributed by atoms with E-state index < -0.39 is 0 Å².